The van der Waals surface area contributed by atoms with Crippen LogP contribution in [0.2, 0.25) is 0 Å². The van der Waals surface area contributed by atoms with Crippen molar-refractivity contribution >= 4 is 34.6 Å². The van der Waals surface area contributed by atoms with E-state index in [1.54, 1.807) is 0 Å². The van der Waals surface area contributed by atoms with Crippen LogP contribution in [0.4, 0.5) is 0 Å². The van der Waals surface area contributed by atoms with Crippen molar-refractivity contribution in [3.05, 3.63) is 39.8 Å². The minimum absolute atomic E-state index is 0.169. The van der Waals surface area contributed by atoms with Gasteiger partial charge >= 0.3 is 5.97 Å². The van der Waals surface area contributed by atoms with E-state index in [1.807, 2.05) is 24.3 Å². The highest BCUT2D eigenvalue weighted by atomic mass is 127. The lowest BCUT2D eigenvalue weighted by Gasteiger charge is -1.96. The highest BCUT2D eigenvalue weighted by Crippen LogP contribution is 2.23. The van der Waals surface area contributed by atoms with E-state index < -0.39 is 5.97 Å². The summed E-state index contributed by atoms with van der Waals surface area (Å²) in [6.45, 7) is 0. The van der Waals surface area contributed by atoms with Gasteiger partial charge in [-0.05, 0) is 34.7 Å². The molecule has 17 heavy (non-hydrogen) atoms. The molecule has 1 aromatic heterocycles. The molecule has 0 radical (unpaired) electrons. The van der Waals surface area contributed by atoms with Gasteiger partial charge in [-0.3, -0.25) is 0 Å². The summed E-state index contributed by atoms with van der Waals surface area (Å²) in [5, 5.41) is 16.1. The van der Waals surface area contributed by atoms with Gasteiger partial charge in [0.1, 0.15) is 0 Å². The summed E-state index contributed by atoms with van der Waals surface area (Å²) in [6.07, 6.45) is 2.21. The first-order valence-corrected chi connectivity index (χ1v) is 5.74. The molecule has 86 valence electrons. The van der Waals surface area contributed by atoms with E-state index in [2.05, 4.69) is 32.8 Å². The Morgan fingerprint density at radius 3 is 2.82 bits per heavy atom. The van der Waals surface area contributed by atoms with Gasteiger partial charge in [-0.1, -0.05) is 12.1 Å². The van der Waals surface area contributed by atoms with E-state index in [1.165, 1.54) is 6.08 Å². The van der Waals surface area contributed by atoms with Gasteiger partial charge in [-0.15, -0.1) is 10.2 Å². The molecule has 0 amide bonds. The predicted molar refractivity (Wildman–Crippen MR) is 69.1 cm³/mol. The van der Waals surface area contributed by atoms with Crippen LogP contribution < -0.4 is 0 Å². The topological polar surface area (TPSA) is 76.2 Å². The zero-order valence-corrected chi connectivity index (χ0v) is 10.7. The molecule has 2 rings (SSSR count). The van der Waals surface area contributed by atoms with Crippen LogP contribution in [-0.4, -0.2) is 21.3 Å². The molecule has 0 aliphatic carbocycles. The highest BCUT2D eigenvalue weighted by Gasteiger charge is 2.09. The van der Waals surface area contributed by atoms with E-state index in [9.17, 15) is 4.79 Å². The first kappa shape index (κ1) is 11.8. The van der Waals surface area contributed by atoms with Crippen molar-refractivity contribution < 1.29 is 14.3 Å². The summed E-state index contributed by atoms with van der Waals surface area (Å²) in [6, 6.07) is 7.56. The second-order valence-corrected chi connectivity index (χ2v) is 4.26. The smallest absolute Gasteiger partial charge is 0.328 e. The average molecular weight is 342 g/mol. The first-order valence-electron chi connectivity index (χ1n) is 4.66. The van der Waals surface area contributed by atoms with Crippen molar-refractivity contribution in [1.29, 1.82) is 0 Å². The summed E-state index contributed by atoms with van der Waals surface area (Å²) in [5.41, 5.74) is 0.829. The zero-order chi connectivity index (χ0) is 12.3. The molecule has 5 nitrogen and oxygen atoms in total. The molecule has 0 bridgehead atoms. The zero-order valence-electron chi connectivity index (χ0n) is 8.50. The van der Waals surface area contributed by atoms with Crippen molar-refractivity contribution in [1.82, 2.24) is 10.2 Å². The molecule has 0 fully saturated rings. The van der Waals surface area contributed by atoms with Crippen molar-refractivity contribution in [3.8, 4) is 11.5 Å². The molecular formula is C11H7IN2O3. The Balaban J connectivity index is 2.30. The van der Waals surface area contributed by atoms with Crippen LogP contribution in [0.3, 0.4) is 0 Å². The van der Waals surface area contributed by atoms with E-state index >= 15 is 0 Å². The number of carbonyl (C=O) groups is 1. The average Bonchev–Trinajstić information content (AvgIpc) is 2.75. The van der Waals surface area contributed by atoms with Crippen LogP contribution in [-0.2, 0) is 4.79 Å². The number of hydrogen-bond donors (Lipinski definition) is 1. The third-order valence-corrected chi connectivity index (χ3v) is 2.85. The van der Waals surface area contributed by atoms with E-state index in [4.69, 9.17) is 9.52 Å². The largest absolute Gasteiger partial charge is 0.478 e. The van der Waals surface area contributed by atoms with Gasteiger partial charge in [0.2, 0.25) is 11.8 Å². The van der Waals surface area contributed by atoms with E-state index in [0.717, 1.165) is 15.2 Å². The molecule has 0 unspecified atom stereocenters. The van der Waals surface area contributed by atoms with E-state index in [-0.39, 0.29) is 5.89 Å². The number of carboxylic acid groups (broad SMARTS) is 1. The molecule has 0 saturated carbocycles. The number of rotatable bonds is 3. The Morgan fingerprint density at radius 2 is 2.12 bits per heavy atom. The number of benzene rings is 1. The fraction of sp³-hybridized carbons (Fsp3) is 0. The Kier molecular flexibility index (Phi) is 3.52. The lowest BCUT2D eigenvalue weighted by Crippen LogP contribution is -1.85. The Bertz CT molecular complexity index is 578. The highest BCUT2D eigenvalue weighted by molar-refractivity contribution is 14.1. The molecule has 2 aromatic rings. The van der Waals surface area contributed by atoms with Gasteiger partial charge in [0.15, 0.2) is 0 Å². The summed E-state index contributed by atoms with van der Waals surface area (Å²) in [7, 11) is 0. The predicted octanol–water partition coefficient (Wildman–Crippen LogP) is 2.44. The first-order chi connectivity index (χ1) is 8.16. The molecule has 6 heteroatoms. The van der Waals surface area contributed by atoms with Crippen LogP contribution in [0, 0.1) is 3.57 Å². The van der Waals surface area contributed by atoms with Crippen molar-refractivity contribution in [2.24, 2.45) is 0 Å². The van der Waals surface area contributed by atoms with Crippen molar-refractivity contribution in [2.45, 2.75) is 0 Å². The maximum Gasteiger partial charge on any atom is 0.328 e. The number of halogens is 1. The molecule has 1 aromatic carbocycles. The fourth-order valence-electron chi connectivity index (χ4n) is 1.19. The molecule has 0 spiro atoms. The third kappa shape index (κ3) is 2.90. The Labute approximate surface area is 110 Å². The van der Waals surface area contributed by atoms with Crippen molar-refractivity contribution in [2.75, 3.05) is 0 Å². The molecular weight excluding hydrogens is 335 g/mol. The lowest BCUT2D eigenvalue weighted by molar-refractivity contribution is -0.131. The molecule has 1 N–H and O–H groups in total. The van der Waals surface area contributed by atoms with Crippen LogP contribution in [0.1, 0.15) is 5.89 Å². The Morgan fingerprint density at radius 1 is 1.35 bits per heavy atom. The fourth-order valence-corrected chi connectivity index (χ4v) is 1.81. The minimum atomic E-state index is -1.06. The normalized spacial score (nSPS) is 10.9. The maximum atomic E-state index is 10.3. The van der Waals surface area contributed by atoms with Crippen LogP contribution in [0.25, 0.3) is 17.5 Å². The van der Waals surface area contributed by atoms with Gasteiger partial charge in [-0.25, -0.2) is 4.79 Å². The van der Waals surface area contributed by atoms with Gasteiger partial charge in [0.05, 0.1) is 5.56 Å². The monoisotopic (exact) mass is 342 g/mol. The summed E-state index contributed by atoms with van der Waals surface area (Å²) < 4.78 is 6.31. The van der Waals surface area contributed by atoms with Gasteiger partial charge in [-0.2, -0.15) is 0 Å². The number of carboxylic acids is 1. The van der Waals surface area contributed by atoms with Crippen LogP contribution >= 0.6 is 22.6 Å². The van der Waals surface area contributed by atoms with Gasteiger partial charge in [0.25, 0.3) is 0 Å². The summed E-state index contributed by atoms with van der Waals surface area (Å²) in [5.74, 6) is -0.513. The second kappa shape index (κ2) is 5.09. The van der Waals surface area contributed by atoms with Gasteiger partial charge in [0, 0.05) is 15.7 Å². The molecule has 0 atom stereocenters. The number of aromatic nitrogens is 2. The van der Waals surface area contributed by atoms with Gasteiger partial charge < -0.3 is 9.52 Å². The number of hydrogen-bond acceptors (Lipinski definition) is 4. The Hall–Kier alpha value is -1.70. The van der Waals surface area contributed by atoms with Crippen LogP contribution in [0.5, 0.6) is 0 Å². The van der Waals surface area contributed by atoms with E-state index in [0.29, 0.717) is 5.89 Å². The SMILES string of the molecule is O=C(O)/C=C/c1nnc(-c2ccccc2I)o1. The number of nitrogens with zero attached hydrogens (tertiary/aromatic N) is 2. The summed E-state index contributed by atoms with van der Waals surface area (Å²) in [4.78, 5) is 10.3. The lowest BCUT2D eigenvalue weighted by atomic mass is 10.2. The molecule has 0 aliphatic heterocycles. The summed E-state index contributed by atoms with van der Waals surface area (Å²) >= 11 is 2.17. The quantitative estimate of drug-likeness (QED) is 0.685. The standard InChI is InChI=1S/C11H7IN2O3/c12-8-4-2-1-3-7(8)11-14-13-9(17-11)5-6-10(15)16/h1-6H,(H,15,16)/b6-5+. The molecule has 0 aliphatic rings. The molecule has 1 heterocycles. The maximum absolute atomic E-state index is 10.3. The van der Waals surface area contributed by atoms with Crippen LogP contribution in [0.15, 0.2) is 34.8 Å². The molecule has 0 saturated heterocycles. The van der Waals surface area contributed by atoms with Crippen molar-refractivity contribution in [3.63, 3.8) is 0 Å². The minimum Gasteiger partial charge on any atom is -0.478 e. The second-order valence-electron chi connectivity index (χ2n) is 3.10. The number of aliphatic carboxylic acids is 1. The third-order valence-electron chi connectivity index (χ3n) is 1.91.